The van der Waals surface area contributed by atoms with Crippen LogP contribution >= 0.6 is 0 Å². The van der Waals surface area contributed by atoms with Crippen LogP contribution in [0, 0.1) is 0 Å². The number of carbonyl (C=O) groups is 1. The average molecular weight is 183 g/mol. The van der Waals surface area contributed by atoms with Crippen molar-refractivity contribution >= 4 is 5.78 Å². The number of hydrogen-bond acceptors (Lipinski definition) is 3. The Morgan fingerprint density at radius 1 is 1.31 bits per heavy atom. The number of methoxy groups -OCH3 is 2. The van der Waals surface area contributed by atoms with Crippen LogP contribution in [0.15, 0.2) is 23.2 Å². The minimum Gasteiger partial charge on any atom is -0.494 e. The van der Waals surface area contributed by atoms with Crippen LogP contribution in [0.2, 0.25) is 0 Å². The van der Waals surface area contributed by atoms with E-state index in [0.717, 1.165) is 0 Å². The van der Waals surface area contributed by atoms with E-state index in [9.17, 15) is 9.90 Å². The van der Waals surface area contributed by atoms with E-state index in [1.165, 1.54) is 20.3 Å². The zero-order valence-electron chi connectivity index (χ0n) is 7.79. The van der Waals surface area contributed by atoms with Crippen LogP contribution in [0.1, 0.15) is 6.92 Å². The van der Waals surface area contributed by atoms with Gasteiger partial charge in [0.15, 0.2) is 11.9 Å². The number of ketones is 1. The quantitative estimate of drug-likeness (QED) is 0.636. The lowest BCUT2D eigenvalue weighted by Gasteiger charge is -2.18. The fourth-order valence-electron chi connectivity index (χ4n) is 1.20. The lowest BCUT2D eigenvalue weighted by molar-refractivity contribution is -0.116. The standard InChI is InChI=1S/C9H11O4/c1-5-4-6(10)8(12-2)9(13-3)7(5)11/h4,6H,1-3H3. The van der Waals surface area contributed by atoms with Gasteiger partial charge in [0.2, 0.25) is 11.5 Å². The summed E-state index contributed by atoms with van der Waals surface area (Å²) in [6, 6.07) is 0. The van der Waals surface area contributed by atoms with E-state index >= 15 is 0 Å². The third-order valence-electron chi connectivity index (χ3n) is 1.87. The predicted octanol–water partition coefficient (Wildman–Crippen LogP) is 0.819. The molecule has 71 valence electrons. The smallest absolute Gasteiger partial charge is 0.226 e. The average Bonchev–Trinajstić information content (AvgIpc) is 2.10. The highest BCUT2D eigenvalue weighted by molar-refractivity contribution is 6.07. The van der Waals surface area contributed by atoms with Gasteiger partial charge in [0.05, 0.1) is 14.2 Å². The largest absolute Gasteiger partial charge is 0.494 e. The number of hydrogen-bond donors (Lipinski definition) is 0. The zero-order chi connectivity index (χ0) is 10.0. The first kappa shape index (κ1) is 9.80. The van der Waals surface area contributed by atoms with Crippen LogP contribution in [0.3, 0.4) is 0 Å². The molecule has 0 spiro atoms. The van der Waals surface area contributed by atoms with Crippen LogP contribution in [0.5, 0.6) is 0 Å². The maximum absolute atomic E-state index is 11.4. The second-order valence-corrected chi connectivity index (χ2v) is 2.70. The molecular formula is C9H11O4. The first-order chi connectivity index (χ1) is 6.11. The molecule has 4 nitrogen and oxygen atoms in total. The molecule has 0 aromatic heterocycles. The topological polar surface area (TPSA) is 55.4 Å². The molecule has 0 aromatic carbocycles. The Morgan fingerprint density at radius 3 is 2.38 bits per heavy atom. The summed E-state index contributed by atoms with van der Waals surface area (Å²) in [5, 5.41) is 11.3. The molecule has 0 heterocycles. The third kappa shape index (κ3) is 1.58. The fourth-order valence-corrected chi connectivity index (χ4v) is 1.20. The van der Waals surface area contributed by atoms with Gasteiger partial charge in [0.1, 0.15) is 0 Å². The molecule has 0 aromatic rings. The molecular weight excluding hydrogens is 172 g/mol. The maximum Gasteiger partial charge on any atom is 0.226 e. The molecule has 4 heteroatoms. The molecule has 0 bridgehead atoms. The van der Waals surface area contributed by atoms with Gasteiger partial charge < -0.3 is 9.47 Å². The monoisotopic (exact) mass is 183 g/mol. The van der Waals surface area contributed by atoms with Crippen LogP contribution in [0.25, 0.3) is 0 Å². The van der Waals surface area contributed by atoms with Crippen molar-refractivity contribution in [1.82, 2.24) is 0 Å². The van der Waals surface area contributed by atoms with Crippen molar-refractivity contribution in [1.29, 1.82) is 0 Å². The van der Waals surface area contributed by atoms with Crippen molar-refractivity contribution in [2.75, 3.05) is 14.2 Å². The first-order valence-corrected chi connectivity index (χ1v) is 3.83. The Morgan fingerprint density at radius 2 is 1.92 bits per heavy atom. The Hall–Kier alpha value is -1.29. The highest BCUT2D eigenvalue weighted by Crippen LogP contribution is 2.22. The Kier molecular flexibility index (Phi) is 2.72. The Balaban J connectivity index is 3.11. The van der Waals surface area contributed by atoms with Gasteiger partial charge in [-0.1, -0.05) is 0 Å². The van der Waals surface area contributed by atoms with E-state index in [1.54, 1.807) is 6.92 Å². The van der Waals surface area contributed by atoms with Gasteiger partial charge in [-0.05, 0) is 18.6 Å². The van der Waals surface area contributed by atoms with Gasteiger partial charge >= 0.3 is 0 Å². The zero-order valence-corrected chi connectivity index (χ0v) is 7.79. The van der Waals surface area contributed by atoms with Gasteiger partial charge in [0, 0.05) is 0 Å². The van der Waals surface area contributed by atoms with E-state index in [1.807, 2.05) is 0 Å². The SMILES string of the molecule is COC1=C(OC)C([O])C=C(C)C1=O. The normalized spacial score (nSPS) is 22.9. The molecule has 1 rings (SSSR count). The molecule has 0 aliphatic heterocycles. The van der Waals surface area contributed by atoms with E-state index in [-0.39, 0.29) is 17.3 Å². The molecule has 0 saturated carbocycles. The number of ether oxygens (including phenoxy) is 2. The van der Waals surface area contributed by atoms with E-state index in [2.05, 4.69) is 0 Å². The molecule has 0 N–H and O–H groups in total. The number of carbonyl (C=O) groups excluding carboxylic acids is 1. The van der Waals surface area contributed by atoms with Crippen molar-refractivity contribution in [2.24, 2.45) is 0 Å². The van der Waals surface area contributed by atoms with Crippen molar-refractivity contribution in [3.8, 4) is 0 Å². The van der Waals surface area contributed by atoms with Crippen molar-refractivity contribution in [3.63, 3.8) is 0 Å². The molecule has 1 radical (unpaired) electrons. The lowest BCUT2D eigenvalue weighted by atomic mass is 10.0. The number of Topliss-reactive ketones (excluding diaryl/α,β-unsaturated/α-hetero) is 1. The summed E-state index contributed by atoms with van der Waals surface area (Å²) in [5.74, 6) is -0.216. The van der Waals surface area contributed by atoms with Crippen molar-refractivity contribution < 1.29 is 19.4 Å². The maximum atomic E-state index is 11.4. The molecule has 1 unspecified atom stereocenters. The minimum absolute atomic E-state index is 0.0162. The molecule has 1 aliphatic carbocycles. The second kappa shape index (κ2) is 3.62. The lowest BCUT2D eigenvalue weighted by Crippen LogP contribution is -2.22. The van der Waals surface area contributed by atoms with E-state index in [4.69, 9.17) is 9.47 Å². The van der Waals surface area contributed by atoms with Crippen molar-refractivity contribution in [3.05, 3.63) is 23.2 Å². The summed E-state index contributed by atoms with van der Waals surface area (Å²) in [6.07, 6.45) is 0.182. The first-order valence-electron chi connectivity index (χ1n) is 3.83. The third-order valence-corrected chi connectivity index (χ3v) is 1.87. The molecule has 1 aliphatic rings. The molecule has 0 fully saturated rings. The molecule has 0 amide bonds. The van der Waals surface area contributed by atoms with Crippen molar-refractivity contribution in [2.45, 2.75) is 13.0 Å². The summed E-state index contributed by atoms with van der Waals surface area (Å²) in [4.78, 5) is 11.4. The van der Waals surface area contributed by atoms with Gasteiger partial charge in [-0.15, -0.1) is 0 Å². The summed E-state index contributed by atoms with van der Waals surface area (Å²) < 4.78 is 9.61. The fraction of sp³-hybridized carbons (Fsp3) is 0.444. The molecule has 13 heavy (non-hydrogen) atoms. The number of allylic oxidation sites excluding steroid dienone is 1. The predicted molar refractivity (Wildman–Crippen MR) is 44.3 cm³/mol. The van der Waals surface area contributed by atoms with Crippen LogP contribution in [-0.2, 0) is 19.4 Å². The highest BCUT2D eigenvalue weighted by atomic mass is 16.5. The summed E-state index contributed by atoms with van der Waals surface area (Å²) in [7, 11) is 2.69. The Bertz CT molecular complexity index is 288. The summed E-state index contributed by atoms with van der Waals surface area (Å²) in [5.41, 5.74) is 0.401. The van der Waals surface area contributed by atoms with Crippen LogP contribution in [-0.4, -0.2) is 26.1 Å². The molecule has 1 atom stereocenters. The van der Waals surface area contributed by atoms with Gasteiger partial charge in [-0.2, -0.15) is 0 Å². The van der Waals surface area contributed by atoms with Gasteiger partial charge in [-0.3, -0.25) is 4.79 Å². The minimum atomic E-state index is -1.14. The van der Waals surface area contributed by atoms with Crippen LogP contribution in [0.4, 0.5) is 0 Å². The van der Waals surface area contributed by atoms with E-state index in [0.29, 0.717) is 5.57 Å². The van der Waals surface area contributed by atoms with Gasteiger partial charge in [-0.25, -0.2) is 5.11 Å². The summed E-state index contributed by atoms with van der Waals surface area (Å²) >= 11 is 0. The van der Waals surface area contributed by atoms with Gasteiger partial charge in [0.25, 0.3) is 0 Å². The summed E-state index contributed by atoms with van der Waals surface area (Å²) in [6.45, 7) is 1.58. The van der Waals surface area contributed by atoms with E-state index < -0.39 is 6.10 Å². The van der Waals surface area contributed by atoms with Crippen LogP contribution < -0.4 is 0 Å². The highest BCUT2D eigenvalue weighted by Gasteiger charge is 2.29. The molecule has 0 saturated heterocycles. The number of rotatable bonds is 2. The Labute approximate surface area is 76.5 Å². The second-order valence-electron chi connectivity index (χ2n) is 2.70.